The largest absolute Gasteiger partial charge is 0.480 e. The van der Waals surface area contributed by atoms with Gasteiger partial charge in [0.05, 0.1) is 46.2 Å². The summed E-state index contributed by atoms with van der Waals surface area (Å²) < 4.78 is 74.1. The van der Waals surface area contributed by atoms with E-state index in [9.17, 15) is 23.3 Å². The maximum absolute atomic E-state index is 13.6. The molecule has 20 heteroatoms. The van der Waals surface area contributed by atoms with E-state index in [1.165, 1.54) is 0 Å². The molecule has 2 N–H and O–H groups in total. The van der Waals surface area contributed by atoms with E-state index in [-0.39, 0.29) is 65.0 Å². The molecular formula is C27H58N5O12P3. The molecule has 278 valence electrons. The summed E-state index contributed by atoms with van der Waals surface area (Å²) >= 11 is 0. The minimum absolute atomic E-state index is 0.00578. The van der Waals surface area contributed by atoms with E-state index in [2.05, 4.69) is 5.32 Å². The van der Waals surface area contributed by atoms with E-state index in [1.807, 2.05) is 19.6 Å². The lowest BCUT2D eigenvalue weighted by Crippen LogP contribution is -2.48. The molecule has 1 heterocycles. The molecule has 0 atom stereocenters. The van der Waals surface area contributed by atoms with Crippen molar-refractivity contribution in [1.82, 2.24) is 24.9 Å². The average molecular weight is 738 g/mol. The third-order valence-corrected chi connectivity index (χ3v) is 13.0. The SMILES string of the molecule is CCOP(=O)(CN1CCN(CC(=O)NCC(=O)O)CCN(CP(=O)(OCC)OCC)CCN(CP(=O)(OCC)OCC)CC1)OCC. The van der Waals surface area contributed by atoms with Crippen molar-refractivity contribution in [2.45, 2.75) is 41.5 Å². The molecule has 1 saturated heterocycles. The van der Waals surface area contributed by atoms with Gasteiger partial charge in [-0.15, -0.1) is 0 Å². The van der Waals surface area contributed by atoms with Crippen LogP contribution in [0.15, 0.2) is 0 Å². The first-order valence-electron chi connectivity index (χ1n) is 16.3. The van der Waals surface area contributed by atoms with Gasteiger partial charge in [0.2, 0.25) is 5.91 Å². The molecule has 0 aliphatic carbocycles. The number of carboxylic acid groups (broad SMARTS) is 1. The van der Waals surface area contributed by atoms with Gasteiger partial charge in [0, 0.05) is 52.4 Å². The fraction of sp³-hybridized carbons (Fsp3) is 0.926. The Morgan fingerprint density at radius 3 is 1.02 bits per heavy atom. The molecular weight excluding hydrogens is 679 g/mol. The van der Waals surface area contributed by atoms with Crippen LogP contribution in [-0.2, 0) is 50.4 Å². The Hall–Kier alpha value is -0.770. The zero-order valence-corrected chi connectivity index (χ0v) is 31.7. The normalized spacial score (nSPS) is 17.7. The van der Waals surface area contributed by atoms with Gasteiger partial charge >= 0.3 is 28.8 Å². The molecule has 1 rings (SSSR count). The Labute approximate surface area is 280 Å². The van der Waals surface area contributed by atoms with Gasteiger partial charge in [-0.25, -0.2) is 0 Å². The van der Waals surface area contributed by atoms with Gasteiger partial charge in [-0.2, -0.15) is 0 Å². The lowest BCUT2D eigenvalue weighted by molar-refractivity contribution is -0.138. The van der Waals surface area contributed by atoms with Gasteiger partial charge in [-0.1, -0.05) is 0 Å². The summed E-state index contributed by atoms with van der Waals surface area (Å²) in [5, 5.41) is 11.4. The molecule has 0 spiro atoms. The Morgan fingerprint density at radius 1 is 0.532 bits per heavy atom. The fourth-order valence-electron chi connectivity index (χ4n) is 4.87. The summed E-state index contributed by atoms with van der Waals surface area (Å²) in [4.78, 5) is 31.3. The zero-order chi connectivity index (χ0) is 35.3. The van der Waals surface area contributed by atoms with Crippen molar-refractivity contribution in [2.24, 2.45) is 0 Å². The van der Waals surface area contributed by atoms with Crippen LogP contribution in [0.3, 0.4) is 0 Å². The number of nitrogens with zero attached hydrogens (tertiary/aromatic N) is 4. The van der Waals surface area contributed by atoms with E-state index >= 15 is 0 Å². The van der Waals surface area contributed by atoms with Gasteiger partial charge in [0.15, 0.2) is 0 Å². The van der Waals surface area contributed by atoms with Crippen LogP contribution in [0.2, 0.25) is 0 Å². The first-order chi connectivity index (χ1) is 22.3. The number of aliphatic carboxylic acids is 1. The molecule has 0 aromatic carbocycles. The van der Waals surface area contributed by atoms with Crippen LogP contribution in [-0.4, -0.2) is 161 Å². The van der Waals surface area contributed by atoms with E-state index in [1.54, 1.807) is 41.5 Å². The van der Waals surface area contributed by atoms with Crippen LogP contribution in [0.4, 0.5) is 0 Å². The molecule has 17 nitrogen and oxygen atoms in total. The Morgan fingerprint density at radius 2 is 0.787 bits per heavy atom. The highest BCUT2D eigenvalue weighted by molar-refractivity contribution is 7.54. The van der Waals surface area contributed by atoms with Crippen LogP contribution in [0, 0.1) is 0 Å². The summed E-state index contributed by atoms with van der Waals surface area (Å²) in [6.07, 6.45) is -0.00224. The first-order valence-corrected chi connectivity index (χ1v) is 21.5. The smallest absolute Gasteiger partial charge is 0.344 e. The standard InChI is InChI=1S/C27H58N5O12P3/c1-7-39-45(36,40-8-2)23-30-15-13-29(22-26(33)28-21-27(34)35)14-16-31(24-46(37,41-9-3)42-10-4)18-20-32(19-17-30)25-47(38,43-11-5)44-12-6/h7-25H2,1-6H3,(H,28,33)(H,34,35). The molecule has 0 radical (unpaired) electrons. The first kappa shape index (κ1) is 44.3. The van der Waals surface area contributed by atoms with E-state index in [0.29, 0.717) is 52.4 Å². The number of hydrogen-bond acceptors (Lipinski definition) is 15. The van der Waals surface area contributed by atoms with Crippen molar-refractivity contribution in [3.63, 3.8) is 0 Å². The topological polar surface area (TPSA) is 186 Å². The van der Waals surface area contributed by atoms with Crippen molar-refractivity contribution >= 4 is 34.7 Å². The maximum Gasteiger partial charge on any atom is 0.344 e. The predicted molar refractivity (Wildman–Crippen MR) is 179 cm³/mol. The molecule has 1 aliphatic heterocycles. The highest BCUT2D eigenvalue weighted by atomic mass is 31.2. The summed E-state index contributed by atoms with van der Waals surface area (Å²) in [5.41, 5.74) is 0. The third-order valence-electron chi connectivity index (χ3n) is 6.81. The van der Waals surface area contributed by atoms with Crippen LogP contribution < -0.4 is 5.32 Å². The molecule has 0 unspecified atom stereocenters. The highest BCUT2D eigenvalue weighted by Gasteiger charge is 2.33. The molecule has 1 aliphatic rings. The van der Waals surface area contributed by atoms with Gasteiger partial charge in [-0.3, -0.25) is 42.9 Å². The fourth-order valence-corrected chi connectivity index (χ4v) is 10.3. The second-order valence-corrected chi connectivity index (χ2v) is 16.6. The van der Waals surface area contributed by atoms with E-state index in [0.717, 1.165) is 0 Å². The Bertz CT molecular complexity index is 981. The lowest BCUT2D eigenvalue weighted by atomic mass is 10.3. The molecule has 0 aromatic rings. The Balaban J connectivity index is 3.44. The van der Waals surface area contributed by atoms with Gasteiger partial charge in [-0.05, 0) is 41.5 Å². The molecule has 1 fully saturated rings. The molecule has 0 aromatic heterocycles. The number of amides is 1. The summed E-state index contributed by atoms with van der Waals surface area (Å²) in [6.45, 7) is 14.0. The van der Waals surface area contributed by atoms with E-state index < -0.39 is 41.2 Å². The van der Waals surface area contributed by atoms with Gasteiger partial charge < -0.3 is 37.6 Å². The highest BCUT2D eigenvalue weighted by Crippen LogP contribution is 2.50. The van der Waals surface area contributed by atoms with Gasteiger partial charge in [0.1, 0.15) is 25.4 Å². The molecule has 47 heavy (non-hydrogen) atoms. The average Bonchev–Trinajstić information content (AvgIpc) is 2.98. The van der Waals surface area contributed by atoms with Crippen LogP contribution in [0.1, 0.15) is 41.5 Å². The second-order valence-electron chi connectivity index (χ2n) is 10.6. The quantitative estimate of drug-likeness (QED) is 0.154. The molecule has 0 bridgehead atoms. The van der Waals surface area contributed by atoms with Crippen molar-refractivity contribution in [3.05, 3.63) is 0 Å². The van der Waals surface area contributed by atoms with Crippen LogP contribution in [0.25, 0.3) is 0 Å². The molecule has 1 amide bonds. The minimum Gasteiger partial charge on any atom is -0.480 e. The number of hydrogen-bond donors (Lipinski definition) is 2. The third kappa shape index (κ3) is 18.7. The number of carbonyl (C=O) groups is 2. The summed E-state index contributed by atoms with van der Waals surface area (Å²) in [6, 6.07) is 0. The number of carbonyl (C=O) groups excluding carboxylic acids is 1. The van der Waals surface area contributed by atoms with Gasteiger partial charge in [0.25, 0.3) is 0 Å². The maximum atomic E-state index is 13.6. The van der Waals surface area contributed by atoms with Crippen LogP contribution >= 0.6 is 22.8 Å². The zero-order valence-electron chi connectivity index (χ0n) is 29.0. The lowest BCUT2D eigenvalue weighted by Gasteiger charge is -2.36. The summed E-state index contributed by atoms with van der Waals surface area (Å²) in [5.74, 6) is -1.62. The van der Waals surface area contributed by atoms with E-state index in [4.69, 9.17) is 32.2 Å². The minimum atomic E-state index is -3.49. The van der Waals surface area contributed by atoms with Crippen molar-refractivity contribution < 1.29 is 55.5 Å². The number of nitrogens with one attached hydrogen (secondary N) is 1. The summed E-state index contributed by atoms with van der Waals surface area (Å²) in [7, 11) is -10.5. The predicted octanol–water partition coefficient (Wildman–Crippen LogP) is 3.08. The number of carboxylic acids is 1. The number of rotatable bonds is 22. The Kier molecular flexibility index (Phi) is 22.2. The van der Waals surface area contributed by atoms with Crippen LogP contribution in [0.5, 0.6) is 0 Å². The molecule has 0 saturated carbocycles. The van der Waals surface area contributed by atoms with Crippen molar-refractivity contribution in [1.29, 1.82) is 0 Å². The van der Waals surface area contributed by atoms with Crippen molar-refractivity contribution in [3.8, 4) is 0 Å². The van der Waals surface area contributed by atoms with Crippen molar-refractivity contribution in [2.75, 3.05) is 124 Å². The second kappa shape index (κ2) is 23.6. The monoisotopic (exact) mass is 737 g/mol.